The van der Waals surface area contributed by atoms with Gasteiger partial charge < -0.3 is 10.1 Å². The summed E-state index contributed by atoms with van der Waals surface area (Å²) in [5, 5.41) is 8.03. The molecule has 0 saturated carbocycles. The highest BCUT2D eigenvalue weighted by Crippen LogP contribution is 2.48. The van der Waals surface area contributed by atoms with Gasteiger partial charge in [0.25, 0.3) is 0 Å². The maximum absolute atomic E-state index is 5.48. The second-order valence-electron chi connectivity index (χ2n) is 5.87. The minimum atomic E-state index is -0.0381. The maximum Gasteiger partial charge on any atom is 0.161 e. The molecule has 1 unspecified atom stereocenters. The molecule has 0 radical (unpaired) electrons. The van der Waals surface area contributed by atoms with Crippen molar-refractivity contribution in [3.05, 3.63) is 11.9 Å². The molecule has 0 aromatic carbocycles. The van der Waals surface area contributed by atoms with Gasteiger partial charge in [-0.1, -0.05) is 20.8 Å². The van der Waals surface area contributed by atoms with Crippen molar-refractivity contribution in [2.24, 2.45) is 12.5 Å². The van der Waals surface area contributed by atoms with Crippen LogP contribution >= 0.6 is 0 Å². The van der Waals surface area contributed by atoms with Gasteiger partial charge in [0.1, 0.15) is 5.69 Å². The number of nitrogens with zero attached hydrogens (tertiary/aromatic N) is 2. The van der Waals surface area contributed by atoms with Crippen molar-refractivity contribution in [2.45, 2.75) is 39.2 Å². The average molecular weight is 237 g/mol. The molecule has 1 aromatic heterocycles. The van der Waals surface area contributed by atoms with Crippen molar-refractivity contribution >= 4 is 0 Å². The van der Waals surface area contributed by atoms with Gasteiger partial charge in [0.15, 0.2) is 5.75 Å². The number of ether oxygens (including phenoxy) is 1. The van der Waals surface area contributed by atoms with Crippen LogP contribution in [0.5, 0.6) is 5.75 Å². The van der Waals surface area contributed by atoms with Crippen LogP contribution in [0.4, 0.5) is 0 Å². The van der Waals surface area contributed by atoms with E-state index in [-0.39, 0.29) is 11.0 Å². The molecule has 1 atom stereocenters. The summed E-state index contributed by atoms with van der Waals surface area (Å²) in [6.45, 7) is 7.89. The van der Waals surface area contributed by atoms with Gasteiger partial charge in [0, 0.05) is 7.05 Å². The topological polar surface area (TPSA) is 39.1 Å². The van der Waals surface area contributed by atoms with Gasteiger partial charge in [-0.05, 0) is 24.8 Å². The lowest BCUT2D eigenvalue weighted by atomic mass is 9.70. The fourth-order valence-corrected chi connectivity index (χ4v) is 2.99. The van der Waals surface area contributed by atoms with Crippen molar-refractivity contribution in [2.75, 3.05) is 13.7 Å². The summed E-state index contributed by atoms with van der Waals surface area (Å²) in [6, 6.07) is 0. The molecule has 1 saturated heterocycles. The van der Waals surface area contributed by atoms with Gasteiger partial charge >= 0.3 is 0 Å². The molecule has 1 N–H and O–H groups in total. The van der Waals surface area contributed by atoms with E-state index in [1.807, 2.05) is 17.9 Å². The van der Waals surface area contributed by atoms with Gasteiger partial charge in [-0.2, -0.15) is 5.10 Å². The van der Waals surface area contributed by atoms with E-state index in [9.17, 15) is 0 Å². The number of aromatic nitrogens is 2. The van der Waals surface area contributed by atoms with E-state index >= 15 is 0 Å². The van der Waals surface area contributed by atoms with Crippen LogP contribution in [0.25, 0.3) is 0 Å². The zero-order valence-corrected chi connectivity index (χ0v) is 11.5. The Morgan fingerprint density at radius 1 is 1.47 bits per heavy atom. The number of hydrogen-bond donors (Lipinski definition) is 1. The second-order valence-corrected chi connectivity index (χ2v) is 5.87. The third-order valence-electron chi connectivity index (χ3n) is 3.97. The zero-order chi connectivity index (χ0) is 12.7. The minimum absolute atomic E-state index is 0.0381. The minimum Gasteiger partial charge on any atom is -0.493 e. The average Bonchev–Trinajstić information content (AvgIpc) is 2.83. The van der Waals surface area contributed by atoms with E-state index in [0.29, 0.717) is 0 Å². The highest BCUT2D eigenvalue weighted by atomic mass is 16.5. The van der Waals surface area contributed by atoms with E-state index < -0.39 is 0 Å². The quantitative estimate of drug-likeness (QED) is 0.855. The van der Waals surface area contributed by atoms with Crippen LogP contribution in [0, 0.1) is 5.41 Å². The number of hydrogen-bond acceptors (Lipinski definition) is 3. The third-order valence-corrected chi connectivity index (χ3v) is 3.97. The predicted octanol–water partition coefficient (Wildman–Crippen LogP) is 2.05. The van der Waals surface area contributed by atoms with Crippen LogP contribution in [0.1, 0.15) is 39.3 Å². The van der Waals surface area contributed by atoms with E-state index in [1.54, 1.807) is 7.11 Å². The molecule has 1 aromatic rings. The normalized spacial score (nSPS) is 25.2. The lowest BCUT2D eigenvalue weighted by molar-refractivity contribution is 0.145. The van der Waals surface area contributed by atoms with Crippen LogP contribution in [0.3, 0.4) is 0 Å². The predicted molar refractivity (Wildman–Crippen MR) is 68.1 cm³/mol. The van der Waals surface area contributed by atoms with Crippen molar-refractivity contribution in [1.82, 2.24) is 15.1 Å². The molecule has 1 aliphatic rings. The number of nitrogens with one attached hydrogen (secondary N) is 1. The molecule has 4 heteroatoms. The Balaban J connectivity index is 2.57. The highest BCUT2D eigenvalue weighted by molar-refractivity contribution is 5.35. The Kier molecular flexibility index (Phi) is 2.94. The first-order valence-electron chi connectivity index (χ1n) is 6.24. The van der Waals surface area contributed by atoms with E-state index in [4.69, 9.17) is 4.74 Å². The van der Waals surface area contributed by atoms with Gasteiger partial charge in [0.05, 0.1) is 18.8 Å². The number of rotatable bonds is 2. The molecule has 17 heavy (non-hydrogen) atoms. The van der Waals surface area contributed by atoms with Crippen LogP contribution < -0.4 is 10.1 Å². The molecule has 2 rings (SSSR count). The molecular weight excluding hydrogens is 214 g/mol. The molecule has 1 aliphatic heterocycles. The molecule has 2 heterocycles. The van der Waals surface area contributed by atoms with Crippen LogP contribution in [0.15, 0.2) is 6.20 Å². The second kappa shape index (κ2) is 4.02. The first-order chi connectivity index (χ1) is 7.92. The van der Waals surface area contributed by atoms with E-state index in [1.165, 1.54) is 12.1 Å². The molecular formula is C13H23N3O. The van der Waals surface area contributed by atoms with Gasteiger partial charge in [-0.25, -0.2) is 0 Å². The summed E-state index contributed by atoms with van der Waals surface area (Å²) in [7, 11) is 3.71. The van der Waals surface area contributed by atoms with Crippen molar-refractivity contribution in [3.63, 3.8) is 0 Å². The van der Waals surface area contributed by atoms with Gasteiger partial charge in [0.2, 0.25) is 0 Å². The van der Waals surface area contributed by atoms with Crippen molar-refractivity contribution in [3.8, 4) is 5.75 Å². The Morgan fingerprint density at radius 3 is 2.65 bits per heavy atom. The van der Waals surface area contributed by atoms with Crippen molar-refractivity contribution in [1.29, 1.82) is 0 Å². The molecule has 1 fully saturated rings. The summed E-state index contributed by atoms with van der Waals surface area (Å²) in [5.74, 6) is 0.886. The number of aryl methyl sites for hydroxylation is 1. The first kappa shape index (κ1) is 12.4. The molecule has 4 nitrogen and oxygen atoms in total. The zero-order valence-electron chi connectivity index (χ0n) is 11.5. The lowest BCUT2D eigenvalue weighted by Crippen LogP contribution is -2.49. The molecule has 0 bridgehead atoms. The molecule has 0 aliphatic carbocycles. The first-order valence-corrected chi connectivity index (χ1v) is 6.24. The Morgan fingerprint density at radius 2 is 2.18 bits per heavy atom. The van der Waals surface area contributed by atoms with Crippen LogP contribution in [-0.2, 0) is 12.6 Å². The van der Waals surface area contributed by atoms with Gasteiger partial charge in [-0.15, -0.1) is 0 Å². The Bertz CT molecular complexity index is 397. The summed E-state index contributed by atoms with van der Waals surface area (Å²) in [5.41, 5.74) is 1.26. The smallest absolute Gasteiger partial charge is 0.161 e. The molecule has 0 spiro atoms. The molecule has 0 amide bonds. The van der Waals surface area contributed by atoms with Crippen molar-refractivity contribution < 1.29 is 4.74 Å². The standard InChI is InChI=1S/C13H23N3O/c1-12(2,3)13(7-6-8-14-13)11-10(17-5)9-15-16(11)4/h9,14H,6-8H2,1-5H3. The SMILES string of the molecule is COc1cnn(C)c1C1(C(C)(C)C)CCCN1. The molecule has 96 valence electrons. The Labute approximate surface area is 103 Å². The summed E-state index contributed by atoms with van der Waals surface area (Å²) in [4.78, 5) is 0. The van der Waals surface area contributed by atoms with Crippen LogP contribution in [0.2, 0.25) is 0 Å². The summed E-state index contributed by atoms with van der Waals surface area (Å²) < 4.78 is 7.42. The lowest BCUT2D eigenvalue weighted by Gasteiger charge is -2.42. The summed E-state index contributed by atoms with van der Waals surface area (Å²) in [6.07, 6.45) is 4.14. The van der Waals surface area contributed by atoms with Gasteiger partial charge in [-0.3, -0.25) is 4.68 Å². The number of methoxy groups -OCH3 is 1. The van der Waals surface area contributed by atoms with Crippen LogP contribution in [-0.4, -0.2) is 23.4 Å². The summed E-state index contributed by atoms with van der Waals surface area (Å²) >= 11 is 0. The fourth-order valence-electron chi connectivity index (χ4n) is 2.99. The fraction of sp³-hybridized carbons (Fsp3) is 0.769. The monoisotopic (exact) mass is 237 g/mol. The Hall–Kier alpha value is -1.03. The van der Waals surface area contributed by atoms with E-state index in [2.05, 4.69) is 31.2 Å². The largest absolute Gasteiger partial charge is 0.493 e. The third kappa shape index (κ3) is 1.75. The highest BCUT2D eigenvalue weighted by Gasteiger charge is 2.48. The van der Waals surface area contributed by atoms with E-state index in [0.717, 1.165) is 18.7 Å². The maximum atomic E-state index is 5.48.